The lowest BCUT2D eigenvalue weighted by atomic mass is 10.1. The number of ketones is 1. The fourth-order valence-corrected chi connectivity index (χ4v) is 3.52. The second-order valence-electron chi connectivity index (χ2n) is 5.42. The number of carbonyl (C=O) groups is 1. The van der Waals surface area contributed by atoms with Gasteiger partial charge in [0.05, 0.1) is 0 Å². The van der Waals surface area contributed by atoms with Gasteiger partial charge in [-0.15, -0.1) is 0 Å². The van der Waals surface area contributed by atoms with Crippen LogP contribution < -0.4 is 0 Å². The maximum Gasteiger partial charge on any atom is 0.201 e. The van der Waals surface area contributed by atoms with Crippen molar-refractivity contribution in [1.82, 2.24) is 0 Å². The molecule has 0 radical (unpaired) electrons. The summed E-state index contributed by atoms with van der Waals surface area (Å²) in [5.74, 6) is 1.27. The van der Waals surface area contributed by atoms with E-state index < -0.39 is 5.82 Å². The highest BCUT2D eigenvalue weighted by atomic mass is 19.1. The third kappa shape index (κ3) is 1.30. The molecule has 2 nitrogen and oxygen atoms in total. The maximum atomic E-state index is 13.5. The molecule has 92 valence electrons. The van der Waals surface area contributed by atoms with Gasteiger partial charge in [0.2, 0.25) is 5.78 Å². The first-order valence-electron chi connectivity index (χ1n) is 6.48. The minimum Gasteiger partial charge on any atom is -0.450 e. The lowest BCUT2D eigenvalue weighted by molar-refractivity contribution is 0.0926. The monoisotopic (exact) mass is 244 g/mol. The van der Waals surface area contributed by atoms with Crippen LogP contribution in [0.5, 0.6) is 0 Å². The molecular weight excluding hydrogens is 231 g/mol. The Bertz CT molecular complexity index is 633. The summed E-state index contributed by atoms with van der Waals surface area (Å²) in [5, 5.41) is 0.671. The van der Waals surface area contributed by atoms with Gasteiger partial charge in [0.15, 0.2) is 17.2 Å². The van der Waals surface area contributed by atoms with Crippen molar-refractivity contribution in [2.45, 2.75) is 19.3 Å². The molecule has 0 bridgehead atoms. The third-order valence-electron chi connectivity index (χ3n) is 4.45. The van der Waals surface area contributed by atoms with Crippen LogP contribution in [0.2, 0.25) is 0 Å². The van der Waals surface area contributed by atoms with Crippen molar-refractivity contribution >= 4 is 16.8 Å². The van der Waals surface area contributed by atoms with Gasteiger partial charge in [0, 0.05) is 11.3 Å². The van der Waals surface area contributed by atoms with Crippen LogP contribution in [0.3, 0.4) is 0 Å². The first kappa shape index (κ1) is 10.3. The number of rotatable bonds is 2. The number of Topliss-reactive ketones (excluding diaryl/α,β-unsaturated/α-hetero) is 1. The van der Waals surface area contributed by atoms with Crippen molar-refractivity contribution in [3.05, 3.63) is 35.8 Å². The molecule has 2 fully saturated rings. The second-order valence-corrected chi connectivity index (χ2v) is 5.42. The number of hydrogen-bond donors (Lipinski definition) is 0. The Hall–Kier alpha value is -1.64. The van der Waals surface area contributed by atoms with Crippen molar-refractivity contribution in [3.63, 3.8) is 0 Å². The number of hydrogen-bond acceptors (Lipinski definition) is 2. The molecule has 2 saturated carbocycles. The number of carbonyl (C=O) groups excluding carboxylic acids is 1. The Labute approximate surface area is 104 Å². The highest BCUT2D eigenvalue weighted by molar-refractivity contribution is 6.01. The number of para-hydroxylation sites is 1. The van der Waals surface area contributed by atoms with E-state index in [0.29, 0.717) is 23.0 Å². The predicted octanol–water partition coefficient (Wildman–Crippen LogP) is 3.80. The number of furan rings is 1. The van der Waals surface area contributed by atoms with Gasteiger partial charge in [-0.25, -0.2) is 4.39 Å². The molecule has 0 amide bonds. The van der Waals surface area contributed by atoms with E-state index in [1.165, 1.54) is 12.5 Å². The molecule has 0 saturated heterocycles. The Balaban J connectivity index is 1.71. The summed E-state index contributed by atoms with van der Waals surface area (Å²) in [4.78, 5) is 12.3. The Kier molecular flexibility index (Phi) is 1.97. The largest absolute Gasteiger partial charge is 0.450 e. The predicted molar refractivity (Wildman–Crippen MR) is 64.8 cm³/mol. The molecule has 3 heteroatoms. The van der Waals surface area contributed by atoms with E-state index in [4.69, 9.17) is 4.42 Å². The first-order chi connectivity index (χ1) is 8.75. The van der Waals surface area contributed by atoms with E-state index >= 15 is 0 Å². The van der Waals surface area contributed by atoms with Gasteiger partial charge in [0.1, 0.15) is 0 Å². The zero-order valence-electron chi connectivity index (χ0n) is 9.86. The van der Waals surface area contributed by atoms with Crippen molar-refractivity contribution in [3.8, 4) is 0 Å². The van der Waals surface area contributed by atoms with Gasteiger partial charge >= 0.3 is 0 Å². The van der Waals surface area contributed by atoms with Crippen molar-refractivity contribution in [2.75, 3.05) is 0 Å². The topological polar surface area (TPSA) is 30.2 Å². The summed E-state index contributed by atoms with van der Waals surface area (Å²) in [6, 6.07) is 6.43. The average Bonchev–Trinajstić information content (AvgIpc) is 2.79. The molecule has 1 aromatic carbocycles. The van der Waals surface area contributed by atoms with Crippen LogP contribution in [0.1, 0.15) is 29.8 Å². The van der Waals surface area contributed by atoms with Gasteiger partial charge < -0.3 is 4.42 Å². The third-order valence-corrected chi connectivity index (χ3v) is 4.45. The van der Waals surface area contributed by atoms with Gasteiger partial charge in [-0.1, -0.05) is 18.6 Å². The SMILES string of the molecule is O=C(c1cc2cccc(F)c2o1)C1C2CCCC21. The molecule has 0 aliphatic heterocycles. The van der Waals surface area contributed by atoms with E-state index in [0.717, 1.165) is 12.8 Å². The summed E-state index contributed by atoms with van der Waals surface area (Å²) >= 11 is 0. The highest BCUT2D eigenvalue weighted by Gasteiger charge is 2.57. The van der Waals surface area contributed by atoms with E-state index in [2.05, 4.69) is 0 Å². The standard InChI is InChI=1S/C15H13FO2/c16-11-6-1-3-8-7-12(18-15(8)11)14(17)13-9-4-2-5-10(9)13/h1,3,6-7,9-10,13H,2,4-5H2. The zero-order chi connectivity index (χ0) is 12.3. The molecule has 2 atom stereocenters. The molecule has 2 aromatic rings. The lowest BCUT2D eigenvalue weighted by Crippen LogP contribution is -2.04. The minimum absolute atomic E-state index is 0.0697. The minimum atomic E-state index is -0.400. The van der Waals surface area contributed by atoms with E-state index in [-0.39, 0.29) is 17.3 Å². The average molecular weight is 244 g/mol. The van der Waals surface area contributed by atoms with Crippen molar-refractivity contribution in [2.24, 2.45) is 17.8 Å². The normalized spacial score (nSPS) is 29.5. The van der Waals surface area contributed by atoms with Gasteiger partial charge in [0.25, 0.3) is 0 Å². The van der Waals surface area contributed by atoms with Crippen molar-refractivity contribution in [1.29, 1.82) is 0 Å². The van der Waals surface area contributed by atoms with E-state index in [9.17, 15) is 9.18 Å². The molecule has 1 aromatic heterocycles. The first-order valence-corrected chi connectivity index (χ1v) is 6.48. The lowest BCUT2D eigenvalue weighted by Gasteiger charge is -1.98. The van der Waals surface area contributed by atoms with Crippen LogP contribution in [0.4, 0.5) is 4.39 Å². The summed E-state index contributed by atoms with van der Waals surface area (Å²) in [6.45, 7) is 0. The Morgan fingerprint density at radius 3 is 2.78 bits per heavy atom. The molecule has 2 aliphatic rings. The van der Waals surface area contributed by atoms with Crippen molar-refractivity contribution < 1.29 is 13.6 Å². The second kappa shape index (κ2) is 3.44. The van der Waals surface area contributed by atoms with Gasteiger partial charge in [-0.3, -0.25) is 4.79 Å². The summed E-state index contributed by atoms with van der Waals surface area (Å²) in [7, 11) is 0. The fourth-order valence-electron chi connectivity index (χ4n) is 3.52. The Morgan fingerprint density at radius 2 is 2.06 bits per heavy atom. The number of halogens is 1. The molecule has 1 heterocycles. The Morgan fingerprint density at radius 1 is 1.28 bits per heavy atom. The molecule has 0 N–H and O–H groups in total. The number of benzene rings is 1. The van der Waals surface area contributed by atoms with Crippen LogP contribution in [-0.4, -0.2) is 5.78 Å². The molecule has 2 unspecified atom stereocenters. The van der Waals surface area contributed by atoms with Crippen LogP contribution in [0.25, 0.3) is 11.0 Å². The molecular formula is C15H13FO2. The van der Waals surface area contributed by atoms with Gasteiger partial charge in [-0.05, 0) is 36.8 Å². The summed E-state index contributed by atoms with van der Waals surface area (Å²) < 4.78 is 18.9. The molecule has 18 heavy (non-hydrogen) atoms. The van der Waals surface area contributed by atoms with Crippen LogP contribution in [0, 0.1) is 23.6 Å². The molecule has 4 rings (SSSR count). The smallest absolute Gasteiger partial charge is 0.201 e. The summed E-state index contributed by atoms with van der Waals surface area (Å²) in [5.41, 5.74) is 0.201. The van der Waals surface area contributed by atoms with E-state index in [1.54, 1.807) is 18.2 Å². The van der Waals surface area contributed by atoms with E-state index in [1.807, 2.05) is 0 Å². The zero-order valence-corrected chi connectivity index (χ0v) is 9.86. The highest BCUT2D eigenvalue weighted by Crippen LogP contribution is 2.58. The number of fused-ring (bicyclic) bond motifs is 2. The quantitative estimate of drug-likeness (QED) is 0.752. The fraction of sp³-hybridized carbons (Fsp3) is 0.400. The molecule has 2 aliphatic carbocycles. The van der Waals surface area contributed by atoms with Gasteiger partial charge in [-0.2, -0.15) is 0 Å². The van der Waals surface area contributed by atoms with Crippen LogP contribution >= 0.6 is 0 Å². The summed E-state index contributed by atoms with van der Waals surface area (Å²) in [6.07, 6.45) is 3.57. The van der Waals surface area contributed by atoms with Crippen LogP contribution in [-0.2, 0) is 0 Å². The maximum absolute atomic E-state index is 13.5. The van der Waals surface area contributed by atoms with Crippen LogP contribution in [0.15, 0.2) is 28.7 Å². The molecule has 0 spiro atoms.